The van der Waals surface area contributed by atoms with Crippen molar-refractivity contribution in [3.63, 3.8) is 0 Å². The summed E-state index contributed by atoms with van der Waals surface area (Å²) in [4.78, 5) is 0. The second-order valence-electron chi connectivity index (χ2n) is 5.05. The Labute approximate surface area is 135 Å². The third-order valence-corrected chi connectivity index (χ3v) is 3.04. The van der Waals surface area contributed by atoms with Gasteiger partial charge in [0.2, 0.25) is 0 Å². The molecule has 23 heavy (non-hydrogen) atoms. The minimum absolute atomic E-state index is 0.951. The van der Waals surface area contributed by atoms with E-state index in [2.05, 4.69) is 68.5 Å². The van der Waals surface area contributed by atoms with Crippen molar-refractivity contribution < 1.29 is 17.3 Å². The fourth-order valence-electron chi connectivity index (χ4n) is 2.24. The highest BCUT2D eigenvalue weighted by molar-refractivity contribution is 6.50. The Morgan fingerprint density at radius 1 is 1.09 bits per heavy atom. The Kier molecular flexibility index (Phi) is 7.46. The van der Waals surface area contributed by atoms with Gasteiger partial charge in [-0.25, -0.2) is 0 Å². The Morgan fingerprint density at radius 3 is 2.35 bits per heavy atom. The Hall–Kier alpha value is -2.17. The Balaban J connectivity index is 0.000000463. The number of halogens is 4. The number of fused-ring (bicyclic) bond motifs is 2. The van der Waals surface area contributed by atoms with Gasteiger partial charge in [-0.1, -0.05) is 30.9 Å². The molecule has 0 fully saturated rings. The molecule has 0 aliphatic heterocycles. The maximum absolute atomic E-state index is 9.75. The molecule has 0 spiro atoms. The third kappa shape index (κ3) is 8.76. The van der Waals surface area contributed by atoms with Gasteiger partial charge in [-0.3, -0.25) is 0 Å². The monoisotopic (exact) mass is 322 g/mol. The second kappa shape index (κ2) is 9.08. The number of rotatable bonds is 2. The molecule has 0 nitrogen and oxygen atoms in total. The van der Waals surface area contributed by atoms with Crippen LogP contribution in [0.2, 0.25) is 0 Å². The van der Waals surface area contributed by atoms with Gasteiger partial charge in [0.05, 0.1) is 0 Å². The molecule has 2 aliphatic rings. The number of allylic oxidation sites excluding steroid dienone is 13. The Morgan fingerprint density at radius 2 is 1.74 bits per heavy atom. The van der Waals surface area contributed by atoms with Gasteiger partial charge < -0.3 is 17.3 Å². The summed E-state index contributed by atoms with van der Waals surface area (Å²) in [5, 5.41) is 0. The van der Waals surface area contributed by atoms with Crippen LogP contribution < -0.4 is 0 Å². The van der Waals surface area contributed by atoms with Crippen LogP contribution in [0, 0.1) is 6.42 Å². The van der Waals surface area contributed by atoms with E-state index in [0.29, 0.717) is 0 Å². The molecule has 0 aromatic carbocycles. The van der Waals surface area contributed by atoms with Crippen LogP contribution in [0.4, 0.5) is 17.3 Å². The van der Waals surface area contributed by atoms with Crippen molar-refractivity contribution >= 4 is 7.25 Å². The van der Waals surface area contributed by atoms with Crippen LogP contribution in [-0.2, 0) is 0 Å². The molecule has 2 bridgehead atoms. The van der Waals surface area contributed by atoms with Gasteiger partial charge in [-0.15, -0.1) is 0 Å². The lowest BCUT2D eigenvalue weighted by molar-refractivity contribution is 0.368. The first-order valence-electron chi connectivity index (χ1n) is 7.25. The molecule has 122 valence electrons. The van der Waals surface area contributed by atoms with Crippen molar-refractivity contribution in [2.75, 3.05) is 0 Å². The van der Waals surface area contributed by atoms with E-state index in [1.807, 2.05) is 6.08 Å². The van der Waals surface area contributed by atoms with E-state index < -0.39 is 7.25 Å². The zero-order chi connectivity index (χ0) is 17.3. The molecule has 5 heteroatoms. The average molecular weight is 322 g/mol. The van der Waals surface area contributed by atoms with Crippen LogP contribution in [0.1, 0.15) is 19.8 Å². The summed E-state index contributed by atoms with van der Waals surface area (Å²) in [6.07, 6.45) is 23.4. The van der Waals surface area contributed by atoms with Crippen LogP contribution in [0.15, 0.2) is 83.6 Å². The van der Waals surface area contributed by atoms with E-state index in [1.54, 1.807) is 0 Å². The summed E-state index contributed by atoms with van der Waals surface area (Å²) in [6, 6.07) is 0. The summed E-state index contributed by atoms with van der Waals surface area (Å²) in [7, 11) is -6.00. The standard InChI is InChI=1S/C18H19.BF4/c1-3-8-16-11-15(4-2)12-17-9-6-5-7-10-18(13-16)14-17;2-1(3,4)5/h3-10,12-13H,2,11,14H2,1H3;/q+1;-1/b7-5-,8-3-,15-12-,16-13-,17-9-,18-10-;. The predicted molar refractivity (Wildman–Crippen MR) is 90.2 cm³/mol. The lowest BCUT2D eigenvalue weighted by Gasteiger charge is -2.11. The molecular weight excluding hydrogens is 303 g/mol. The van der Waals surface area contributed by atoms with Crippen LogP contribution in [0.3, 0.4) is 0 Å². The van der Waals surface area contributed by atoms with E-state index in [9.17, 15) is 17.3 Å². The fourth-order valence-corrected chi connectivity index (χ4v) is 2.24. The molecule has 0 amide bonds. The smallest absolute Gasteiger partial charge is 0.418 e. The average Bonchev–Trinajstić information content (AvgIpc) is 2.37. The van der Waals surface area contributed by atoms with Crippen LogP contribution in [0.5, 0.6) is 0 Å². The SMILES string of the molecule is C=C/C1=C/C2=C/[CH+]\C=C/C=C(/C=C(/C=C\C)C1)C2.F[B-](F)(F)F. The van der Waals surface area contributed by atoms with Gasteiger partial charge in [0, 0.05) is 42.7 Å². The molecular formula is C18H19BF4. The summed E-state index contributed by atoms with van der Waals surface area (Å²) < 4.78 is 39.0. The highest BCUT2D eigenvalue weighted by Gasteiger charge is 2.20. The molecule has 0 aromatic rings. The van der Waals surface area contributed by atoms with Crippen LogP contribution in [0.25, 0.3) is 0 Å². The van der Waals surface area contributed by atoms with Gasteiger partial charge in [-0.2, -0.15) is 0 Å². The molecule has 0 saturated carbocycles. The van der Waals surface area contributed by atoms with E-state index in [4.69, 9.17) is 0 Å². The van der Waals surface area contributed by atoms with Crippen molar-refractivity contribution in [2.45, 2.75) is 19.8 Å². The third-order valence-electron chi connectivity index (χ3n) is 3.04. The van der Waals surface area contributed by atoms with Gasteiger partial charge in [-0.05, 0) is 36.1 Å². The maximum Gasteiger partial charge on any atom is 0.673 e. The molecule has 0 saturated heterocycles. The van der Waals surface area contributed by atoms with Crippen molar-refractivity contribution in [3.8, 4) is 0 Å². The summed E-state index contributed by atoms with van der Waals surface area (Å²) in [5.74, 6) is 0. The first kappa shape index (κ1) is 18.9. The van der Waals surface area contributed by atoms with E-state index in [-0.39, 0.29) is 0 Å². The van der Waals surface area contributed by atoms with E-state index in [0.717, 1.165) is 12.8 Å². The highest BCUT2D eigenvalue weighted by Crippen LogP contribution is 2.26. The quantitative estimate of drug-likeness (QED) is 0.317. The minimum Gasteiger partial charge on any atom is -0.418 e. The zero-order valence-electron chi connectivity index (χ0n) is 13.0. The fraction of sp³-hybridized carbons (Fsp3) is 0.167. The molecule has 0 atom stereocenters. The van der Waals surface area contributed by atoms with Gasteiger partial charge >= 0.3 is 7.25 Å². The van der Waals surface area contributed by atoms with E-state index in [1.165, 1.54) is 22.3 Å². The highest BCUT2D eigenvalue weighted by atomic mass is 19.5. The predicted octanol–water partition coefficient (Wildman–Crippen LogP) is 6.32. The molecule has 0 aromatic heterocycles. The van der Waals surface area contributed by atoms with Gasteiger partial charge in [0.15, 0.2) is 0 Å². The number of hydrogen-bond acceptors (Lipinski definition) is 0. The van der Waals surface area contributed by atoms with Crippen LogP contribution >= 0.6 is 0 Å². The van der Waals surface area contributed by atoms with E-state index >= 15 is 0 Å². The topological polar surface area (TPSA) is 0 Å². The van der Waals surface area contributed by atoms with Crippen molar-refractivity contribution in [1.82, 2.24) is 0 Å². The second-order valence-corrected chi connectivity index (χ2v) is 5.05. The summed E-state index contributed by atoms with van der Waals surface area (Å²) in [5.41, 5.74) is 5.32. The molecule has 0 radical (unpaired) electrons. The lowest BCUT2D eigenvalue weighted by atomic mass is 9.91. The normalized spacial score (nSPS) is 28.2. The first-order chi connectivity index (χ1) is 10.8. The molecule has 0 unspecified atom stereocenters. The van der Waals surface area contributed by atoms with Gasteiger partial charge in [0.25, 0.3) is 0 Å². The maximum atomic E-state index is 9.75. The molecule has 2 aliphatic carbocycles. The molecule has 0 N–H and O–H groups in total. The van der Waals surface area contributed by atoms with Gasteiger partial charge in [0.1, 0.15) is 0 Å². The van der Waals surface area contributed by atoms with Crippen molar-refractivity contribution in [2.24, 2.45) is 0 Å². The molecule has 2 rings (SSSR count). The van der Waals surface area contributed by atoms with Crippen LogP contribution in [-0.4, -0.2) is 7.25 Å². The first-order valence-corrected chi connectivity index (χ1v) is 7.25. The Bertz CT molecular complexity index is 593. The lowest BCUT2D eigenvalue weighted by Crippen LogP contribution is -2.02. The summed E-state index contributed by atoms with van der Waals surface area (Å²) >= 11 is 0. The molecule has 0 heterocycles. The number of hydrogen-bond donors (Lipinski definition) is 0. The zero-order valence-corrected chi connectivity index (χ0v) is 13.0. The summed E-state index contributed by atoms with van der Waals surface area (Å²) in [6.45, 7) is 5.97. The minimum atomic E-state index is -6.00. The largest absolute Gasteiger partial charge is 0.673 e. The van der Waals surface area contributed by atoms with Crippen molar-refractivity contribution in [3.05, 3.63) is 90.0 Å². The van der Waals surface area contributed by atoms with Crippen molar-refractivity contribution in [1.29, 1.82) is 0 Å².